The van der Waals surface area contributed by atoms with Crippen molar-refractivity contribution in [3.63, 3.8) is 0 Å². The number of nitro benzene ring substituents is 1. The first kappa shape index (κ1) is 17.3. The van der Waals surface area contributed by atoms with Crippen LogP contribution in [0.3, 0.4) is 0 Å². The summed E-state index contributed by atoms with van der Waals surface area (Å²) in [5.74, 6) is -2.34. The number of benzene rings is 1. The van der Waals surface area contributed by atoms with E-state index in [1.807, 2.05) is 6.92 Å². The van der Waals surface area contributed by atoms with E-state index in [1.54, 1.807) is 0 Å². The third kappa shape index (κ3) is 3.33. The van der Waals surface area contributed by atoms with Gasteiger partial charge in [0.25, 0.3) is 0 Å². The molecule has 0 amide bonds. The monoisotopic (exact) mass is 337 g/mol. The van der Waals surface area contributed by atoms with Gasteiger partial charge < -0.3 is 19.5 Å². The van der Waals surface area contributed by atoms with E-state index in [1.165, 1.54) is 0 Å². The fraction of sp³-hybridized carbons (Fsp3) is 0.357. The van der Waals surface area contributed by atoms with Gasteiger partial charge in [-0.3, -0.25) is 14.9 Å². The first-order valence-electron chi connectivity index (χ1n) is 7.01. The summed E-state index contributed by atoms with van der Waals surface area (Å²) < 4.78 is 10.2. The van der Waals surface area contributed by atoms with E-state index in [4.69, 9.17) is 9.26 Å². The molecule has 0 aliphatic rings. The number of ketones is 1. The molecule has 2 rings (SSSR count). The van der Waals surface area contributed by atoms with E-state index in [2.05, 4.69) is 10.1 Å². The highest BCUT2D eigenvalue weighted by molar-refractivity contribution is 6.05. The zero-order valence-electron chi connectivity index (χ0n) is 13.0. The lowest BCUT2D eigenvalue weighted by Crippen LogP contribution is -2.04. The molecular formula is C14H15N3O7. The van der Waals surface area contributed by atoms with Gasteiger partial charge in [-0.2, -0.15) is 4.98 Å². The highest BCUT2D eigenvalue weighted by Gasteiger charge is 2.31. The maximum atomic E-state index is 11.8. The molecule has 0 unspecified atom stereocenters. The molecule has 10 nitrogen and oxygen atoms in total. The number of phenols is 2. The van der Waals surface area contributed by atoms with Crippen molar-refractivity contribution in [3.8, 4) is 22.9 Å². The van der Waals surface area contributed by atoms with Crippen LogP contribution in [0.25, 0.3) is 11.4 Å². The summed E-state index contributed by atoms with van der Waals surface area (Å²) in [7, 11) is 0. The summed E-state index contributed by atoms with van der Waals surface area (Å²) in [6.45, 7) is 3.79. The van der Waals surface area contributed by atoms with Crippen LogP contribution < -0.4 is 0 Å². The molecule has 0 aliphatic heterocycles. The van der Waals surface area contributed by atoms with Gasteiger partial charge in [-0.05, 0) is 19.9 Å². The van der Waals surface area contributed by atoms with E-state index in [9.17, 15) is 25.1 Å². The Balaban J connectivity index is 2.54. The van der Waals surface area contributed by atoms with Crippen molar-refractivity contribution in [1.82, 2.24) is 10.1 Å². The lowest BCUT2D eigenvalue weighted by atomic mass is 10.00. The SMILES string of the molecule is CCOCCc1nc(-c2cc(O)c(O)c([N+](=O)[O-])c2C(C)=O)no1. The number of hydrogen-bond donors (Lipinski definition) is 2. The summed E-state index contributed by atoms with van der Waals surface area (Å²) in [6.07, 6.45) is 0.322. The quantitative estimate of drug-likeness (QED) is 0.253. The number of carbonyl (C=O) groups excluding carboxylic acids is 1. The predicted molar refractivity (Wildman–Crippen MR) is 79.9 cm³/mol. The topological polar surface area (TPSA) is 149 Å². The average molecular weight is 337 g/mol. The molecule has 0 radical (unpaired) electrons. The lowest BCUT2D eigenvalue weighted by molar-refractivity contribution is -0.386. The Morgan fingerprint density at radius 1 is 1.46 bits per heavy atom. The molecule has 0 bridgehead atoms. The van der Waals surface area contributed by atoms with E-state index in [0.29, 0.717) is 19.6 Å². The fourth-order valence-corrected chi connectivity index (χ4v) is 2.12. The zero-order chi connectivity index (χ0) is 17.9. The van der Waals surface area contributed by atoms with Crippen molar-refractivity contribution < 1.29 is 29.2 Å². The van der Waals surface area contributed by atoms with Crippen LogP contribution in [0.15, 0.2) is 10.6 Å². The third-order valence-electron chi connectivity index (χ3n) is 3.16. The van der Waals surface area contributed by atoms with Crippen molar-refractivity contribution in [2.45, 2.75) is 20.3 Å². The van der Waals surface area contributed by atoms with Crippen molar-refractivity contribution in [1.29, 1.82) is 0 Å². The van der Waals surface area contributed by atoms with Crippen molar-refractivity contribution in [2.75, 3.05) is 13.2 Å². The number of Topliss-reactive ketones (excluding diaryl/α,β-unsaturated/α-hetero) is 1. The third-order valence-corrected chi connectivity index (χ3v) is 3.16. The molecular weight excluding hydrogens is 322 g/mol. The number of ether oxygens (including phenoxy) is 1. The number of hydrogen-bond acceptors (Lipinski definition) is 9. The summed E-state index contributed by atoms with van der Waals surface area (Å²) in [5.41, 5.74) is -1.42. The first-order chi connectivity index (χ1) is 11.4. The van der Waals surface area contributed by atoms with Crippen LogP contribution >= 0.6 is 0 Å². The Kier molecular flexibility index (Phi) is 5.09. The number of phenolic OH excluding ortho intramolecular Hbond substituents is 2. The average Bonchev–Trinajstić information content (AvgIpc) is 2.97. The second kappa shape index (κ2) is 7.04. The second-order valence-electron chi connectivity index (χ2n) is 4.79. The maximum absolute atomic E-state index is 11.8. The van der Waals surface area contributed by atoms with Crippen molar-refractivity contribution in [2.24, 2.45) is 0 Å². The standard InChI is InChI=1S/C14H15N3O7/c1-3-23-5-4-10-15-14(16-24-10)8-6-9(19)13(20)12(17(21)22)11(8)7(2)18/h6,19-20H,3-5H2,1-2H3. The highest BCUT2D eigenvalue weighted by atomic mass is 16.6. The van der Waals surface area contributed by atoms with Crippen LogP contribution in [0.2, 0.25) is 0 Å². The van der Waals surface area contributed by atoms with Gasteiger partial charge in [-0.1, -0.05) is 5.16 Å². The Hall–Kier alpha value is -3.01. The second-order valence-corrected chi connectivity index (χ2v) is 4.79. The molecule has 0 spiro atoms. The van der Waals surface area contributed by atoms with E-state index in [-0.39, 0.29) is 17.3 Å². The van der Waals surface area contributed by atoms with Gasteiger partial charge in [0.15, 0.2) is 11.5 Å². The molecule has 1 aromatic heterocycles. The molecule has 0 saturated heterocycles. The van der Waals surface area contributed by atoms with Crippen LogP contribution in [-0.4, -0.2) is 44.3 Å². The number of nitrogens with zero attached hydrogens (tertiary/aromatic N) is 3. The van der Waals surface area contributed by atoms with Crippen LogP contribution in [0, 0.1) is 10.1 Å². The van der Waals surface area contributed by atoms with E-state index < -0.39 is 33.5 Å². The maximum Gasteiger partial charge on any atom is 0.326 e. The summed E-state index contributed by atoms with van der Waals surface area (Å²) in [6, 6.07) is 0.982. The Bertz CT molecular complexity index is 785. The Morgan fingerprint density at radius 3 is 2.75 bits per heavy atom. The first-order valence-corrected chi connectivity index (χ1v) is 7.01. The van der Waals surface area contributed by atoms with E-state index in [0.717, 1.165) is 13.0 Å². The van der Waals surface area contributed by atoms with Crippen LogP contribution in [0.4, 0.5) is 5.69 Å². The lowest BCUT2D eigenvalue weighted by Gasteiger charge is -2.07. The van der Waals surface area contributed by atoms with Gasteiger partial charge in [-0.25, -0.2) is 0 Å². The fourth-order valence-electron chi connectivity index (χ4n) is 2.12. The molecule has 2 aromatic rings. The predicted octanol–water partition coefficient (Wildman–Crippen LogP) is 1.84. The van der Waals surface area contributed by atoms with Crippen molar-refractivity contribution >= 4 is 11.5 Å². The number of aromatic hydroxyl groups is 2. The summed E-state index contributed by atoms with van der Waals surface area (Å²) in [5, 5.41) is 34.2. The van der Waals surface area contributed by atoms with Gasteiger partial charge in [0.1, 0.15) is 5.56 Å². The smallest absolute Gasteiger partial charge is 0.326 e. The summed E-state index contributed by atoms with van der Waals surface area (Å²) in [4.78, 5) is 26.1. The molecule has 2 N–H and O–H groups in total. The summed E-state index contributed by atoms with van der Waals surface area (Å²) >= 11 is 0. The largest absolute Gasteiger partial charge is 0.504 e. The Morgan fingerprint density at radius 2 is 2.17 bits per heavy atom. The number of carbonyl (C=O) groups is 1. The molecule has 0 aliphatic carbocycles. The highest BCUT2D eigenvalue weighted by Crippen LogP contribution is 2.43. The molecule has 1 heterocycles. The van der Waals surface area contributed by atoms with Gasteiger partial charge in [0, 0.05) is 12.2 Å². The van der Waals surface area contributed by atoms with Gasteiger partial charge in [0.05, 0.1) is 18.0 Å². The molecule has 0 atom stereocenters. The molecule has 1 aromatic carbocycles. The normalized spacial score (nSPS) is 10.8. The molecule has 0 saturated carbocycles. The minimum atomic E-state index is -0.992. The molecule has 10 heteroatoms. The minimum absolute atomic E-state index is 0.101. The number of rotatable bonds is 7. The van der Waals surface area contributed by atoms with Crippen LogP contribution in [0.1, 0.15) is 30.1 Å². The van der Waals surface area contributed by atoms with Crippen LogP contribution in [-0.2, 0) is 11.2 Å². The zero-order valence-corrected chi connectivity index (χ0v) is 13.0. The molecule has 24 heavy (non-hydrogen) atoms. The minimum Gasteiger partial charge on any atom is -0.504 e. The van der Waals surface area contributed by atoms with Crippen LogP contribution in [0.5, 0.6) is 11.5 Å². The van der Waals surface area contributed by atoms with Gasteiger partial charge >= 0.3 is 5.69 Å². The van der Waals surface area contributed by atoms with E-state index >= 15 is 0 Å². The van der Waals surface area contributed by atoms with Crippen molar-refractivity contribution in [3.05, 3.63) is 27.6 Å². The number of aromatic nitrogens is 2. The molecule has 128 valence electrons. The Labute approximate surface area is 135 Å². The van der Waals surface area contributed by atoms with Gasteiger partial charge in [0.2, 0.25) is 17.5 Å². The van der Waals surface area contributed by atoms with Gasteiger partial charge in [-0.15, -0.1) is 0 Å². The molecule has 0 fully saturated rings. The number of nitro groups is 1.